The summed E-state index contributed by atoms with van der Waals surface area (Å²) in [6, 6.07) is 0. The average Bonchev–Trinajstić information content (AvgIpc) is 2.41. The van der Waals surface area contributed by atoms with Crippen LogP contribution in [0, 0.1) is 13.8 Å². The van der Waals surface area contributed by atoms with E-state index in [4.69, 9.17) is 15.3 Å². The molecule has 78 valence electrons. The van der Waals surface area contributed by atoms with Crippen molar-refractivity contribution in [3.05, 3.63) is 11.5 Å². The van der Waals surface area contributed by atoms with Crippen LogP contribution in [-0.2, 0) is 4.79 Å². The third kappa shape index (κ3) is 2.49. The molecule has 0 aromatic carbocycles. The van der Waals surface area contributed by atoms with Gasteiger partial charge in [0.15, 0.2) is 0 Å². The highest BCUT2D eigenvalue weighted by molar-refractivity contribution is 8.00. The fourth-order valence-corrected chi connectivity index (χ4v) is 1.62. The van der Waals surface area contributed by atoms with Crippen molar-refractivity contribution in [2.75, 3.05) is 6.54 Å². The molecule has 0 bridgehead atoms. The Morgan fingerprint density at radius 2 is 2.36 bits per heavy atom. The van der Waals surface area contributed by atoms with Crippen molar-refractivity contribution in [3.8, 4) is 0 Å². The molecule has 0 saturated heterocycles. The van der Waals surface area contributed by atoms with Gasteiger partial charge in [-0.05, 0) is 13.8 Å². The molecular weight excluding hydrogens is 204 g/mol. The Balaban J connectivity index is 2.72. The fourth-order valence-electron chi connectivity index (χ4n) is 0.815. The van der Waals surface area contributed by atoms with Gasteiger partial charge in [-0.2, -0.15) is 0 Å². The standard InChI is InChI=1S/C8H12N2O3S/c1-4-5(2)13-8(10-4)14-6(3-9)7(11)12/h6H,3,9H2,1-2H3,(H,11,12). The van der Waals surface area contributed by atoms with E-state index in [0.717, 1.165) is 17.5 Å². The molecule has 1 aromatic rings. The second-order valence-corrected chi connectivity index (χ2v) is 3.96. The minimum Gasteiger partial charge on any atom is -0.480 e. The number of aryl methyl sites for hydroxylation is 2. The van der Waals surface area contributed by atoms with Gasteiger partial charge in [0.05, 0.1) is 5.69 Å². The zero-order valence-electron chi connectivity index (χ0n) is 7.98. The molecule has 0 radical (unpaired) electrons. The first-order chi connectivity index (χ1) is 6.54. The first-order valence-corrected chi connectivity index (χ1v) is 4.96. The highest BCUT2D eigenvalue weighted by atomic mass is 32.2. The number of thioether (sulfide) groups is 1. The van der Waals surface area contributed by atoms with Gasteiger partial charge in [0, 0.05) is 6.54 Å². The van der Waals surface area contributed by atoms with Crippen LogP contribution in [0.3, 0.4) is 0 Å². The van der Waals surface area contributed by atoms with Crippen LogP contribution in [-0.4, -0.2) is 27.9 Å². The summed E-state index contributed by atoms with van der Waals surface area (Å²) < 4.78 is 5.23. The largest absolute Gasteiger partial charge is 0.480 e. The van der Waals surface area contributed by atoms with Crippen LogP contribution < -0.4 is 5.73 Å². The van der Waals surface area contributed by atoms with Gasteiger partial charge in [-0.15, -0.1) is 0 Å². The highest BCUT2D eigenvalue weighted by Gasteiger charge is 2.20. The van der Waals surface area contributed by atoms with Gasteiger partial charge in [0.2, 0.25) is 0 Å². The number of aromatic nitrogens is 1. The molecule has 3 N–H and O–H groups in total. The maximum Gasteiger partial charge on any atom is 0.318 e. The molecule has 0 aliphatic rings. The van der Waals surface area contributed by atoms with Gasteiger partial charge >= 0.3 is 5.97 Å². The SMILES string of the molecule is Cc1nc(SC(CN)C(=O)O)oc1C. The van der Waals surface area contributed by atoms with Crippen molar-refractivity contribution in [1.29, 1.82) is 0 Å². The van der Waals surface area contributed by atoms with E-state index in [-0.39, 0.29) is 6.54 Å². The summed E-state index contributed by atoms with van der Waals surface area (Å²) in [7, 11) is 0. The van der Waals surface area contributed by atoms with Crippen LogP contribution in [0.4, 0.5) is 0 Å². The van der Waals surface area contributed by atoms with E-state index in [9.17, 15) is 4.79 Å². The molecule has 1 atom stereocenters. The quantitative estimate of drug-likeness (QED) is 0.723. The Labute approximate surface area is 85.7 Å². The molecule has 14 heavy (non-hydrogen) atoms. The Kier molecular flexibility index (Phi) is 3.54. The molecule has 0 amide bonds. The summed E-state index contributed by atoms with van der Waals surface area (Å²) in [5, 5.41) is 8.40. The molecule has 0 spiro atoms. The Hall–Kier alpha value is -1.01. The minimum atomic E-state index is -0.953. The smallest absolute Gasteiger partial charge is 0.318 e. The van der Waals surface area contributed by atoms with Crippen molar-refractivity contribution < 1.29 is 14.3 Å². The predicted octanol–water partition coefficient (Wildman–Crippen LogP) is 0.795. The number of carboxylic acids is 1. The predicted molar refractivity (Wildman–Crippen MR) is 52.3 cm³/mol. The molecular formula is C8H12N2O3S. The molecule has 6 heteroatoms. The molecule has 0 fully saturated rings. The number of rotatable bonds is 4. The van der Waals surface area contributed by atoms with E-state index in [1.165, 1.54) is 0 Å². The van der Waals surface area contributed by atoms with E-state index in [2.05, 4.69) is 4.98 Å². The number of nitrogens with zero attached hydrogens (tertiary/aromatic N) is 1. The number of hydrogen-bond acceptors (Lipinski definition) is 5. The summed E-state index contributed by atoms with van der Waals surface area (Å²) in [5.41, 5.74) is 6.07. The van der Waals surface area contributed by atoms with E-state index in [1.54, 1.807) is 13.8 Å². The van der Waals surface area contributed by atoms with Crippen molar-refractivity contribution >= 4 is 17.7 Å². The molecule has 0 aliphatic heterocycles. The van der Waals surface area contributed by atoms with E-state index in [1.807, 2.05) is 0 Å². The van der Waals surface area contributed by atoms with Gasteiger partial charge in [0.25, 0.3) is 5.22 Å². The number of oxazole rings is 1. The zero-order chi connectivity index (χ0) is 10.7. The van der Waals surface area contributed by atoms with Crippen LogP contribution in [0.2, 0.25) is 0 Å². The number of carbonyl (C=O) groups is 1. The molecule has 1 unspecified atom stereocenters. The van der Waals surface area contributed by atoms with Gasteiger partial charge in [0.1, 0.15) is 11.0 Å². The van der Waals surface area contributed by atoms with Crippen LogP contribution in [0.25, 0.3) is 0 Å². The molecule has 1 heterocycles. The Morgan fingerprint density at radius 1 is 1.71 bits per heavy atom. The van der Waals surface area contributed by atoms with Gasteiger partial charge in [-0.3, -0.25) is 4.79 Å². The van der Waals surface area contributed by atoms with Gasteiger partial charge in [-0.25, -0.2) is 4.98 Å². The first kappa shape index (κ1) is 11.1. The summed E-state index contributed by atoms with van der Waals surface area (Å²) in [6.07, 6.45) is 0. The van der Waals surface area contributed by atoms with Crippen LogP contribution in [0.1, 0.15) is 11.5 Å². The highest BCUT2D eigenvalue weighted by Crippen LogP contribution is 2.24. The Morgan fingerprint density at radius 3 is 2.71 bits per heavy atom. The van der Waals surface area contributed by atoms with Gasteiger partial charge < -0.3 is 15.3 Å². The topological polar surface area (TPSA) is 89.3 Å². The summed E-state index contributed by atoms with van der Waals surface area (Å²) in [4.78, 5) is 14.7. The molecule has 1 aromatic heterocycles. The molecule has 0 aliphatic carbocycles. The van der Waals surface area contributed by atoms with Crippen molar-refractivity contribution in [2.45, 2.75) is 24.3 Å². The minimum absolute atomic E-state index is 0.0560. The van der Waals surface area contributed by atoms with Crippen molar-refractivity contribution in [2.24, 2.45) is 5.73 Å². The lowest BCUT2D eigenvalue weighted by molar-refractivity contribution is -0.136. The fraction of sp³-hybridized carbons (Fsp3) is 0.500. The van der Waals surface area contributed by atoms with Crippen LogP contribution in [0.15, 0.2) is 9.64 Å². The summed E-state index contributed by atoms with van der Waals surface area (Å²) >= 11 is 1.03. The maximum atomic E-state index is 10.7. The second kappa shape index (κ2) is 4.47. The summed E-state index contributed by atoms with van der Waals surface area (Å²) in [5.74, 6) is -0.250. The lowest BCUT2D eigenvalue weighted by Gasteiger charge is -2.04. The van der Waals surface area contributed by atoms with E-state index < -0.39 is 11.2 Å². The first-order valence-electron chi connectivity index (χ1n) is 4.08. The maximum absolute atomic E-state index is 10.7. The number of nitrogens with two attached hydrogens (primary N) is 1. The van der Waals surface area contributed by atoms with Crippen LogP contribution >= 0.6 is 11.8 Å². The van der Waals surface area contributed by atoms with E-state index >= 15 is 0 Å². The summed E-state index contributed by atoms with van der Waals surface area (Å²) in [6.45, 7) is 3.65. The average molecular weight is 216 g/mol. The third-order valence-corrected chi connectivity index (χ3v) is 2.80. The van der Waals surface area contributed by atoms with Crippen LogP contribution in [0.5, 0.6) is 0 Å². The molecule has 1 rings (SSSR count). The monoisotopic (exact) mass is 216 g/mol. The molecule has 5 nitrogen and oxygen atoms in total. The normalized spacial score (nSPS) is 12.8. The second-order valence-electron chi connectivity index (χ2n) is 2.80. The van der Waals surface area contributed by atoms with Crippen molar-refractivity contribution in [3.63, 3.8) is 0 Å². The lowest BCUT2D eigenvalue weighted by Crippen LogP contribution is -2.25. The molecule has 0 saturated carbocycles. The van der Waals surface area contributed by atoms with Crippen molar-refractivity contribution in [1.82, 2.24) is 4.98 Å². The van der Waals surface area contributed by atoms with E-state index in [0.29, 0.717) is 11.0 Å². The number of aliphatic carboxylic acids is 1. The Bertz CT molecular complexity index is 318. The third-order valence-electron chi connectivity index (χ3n) is 1.74. The zero-order valence-corrected chi connectivity index (χ0v) is 8.80. The number of carboxylic acid groups (broad SMARTS) is 1. The van der Waals surface area contributed by atoms with Gasteiger partial charge in [-0.1, -0.05) is 11.8 Å². The number of hydrogen-bond donors (Lipinski definition) is 2. The lowest BCUT2D eigenvalue weighted by atomic mass is 10.4.